The van der Waals surface area contributed by atoms with E-state index in [1.807, 2.05) is 0 Å². The van der Waals surface area contributed by atoms with Gasteiger partial charge in [0.25, 0.3) is 0 Å². The first-order valence-corrected chi connectivity index (χ1v) is 5.44. The molecule has 0 radical (unpaired) electrons. The first-order valence-electron chi connectivity index (χ1n) is 5.44. The molecule has 0 aliphatic heterocycles. The van der Waals surface area contributed by atoms with E-state index in [1.54, 1.807) is 6.07 Å². The molecule has 0 saturated heterocycles. The number of rotatable bonds is 5. The van der Waals surface area contributed by atoms with E-state index in [9.17, 15) is 9.59 Å². The number of nitriles is 1. The number of esters is 1. The first kappa shape index (κ1) is 15.6. The number of hydrogen-bond acceptors (Lipinski definition) is 7. The number of anilines is 1. The molecular weight excluding hydrogens is 278 g/mol. The zero-order valence-electron chi connectivity index (χ0n) is 10.9. The number of amidine groups is 1. The van der Waals surface area contributed by atoms with Gasteiger partial charge >= 0.3 is 11.9 Å². The average Bonchev–Trinajstić information content (AvgIpc) is 2.46. The molecule has 21 heavy (non-hydrogen) atoms. The fourth-order valence-corrected chi connectivity index (χ4v) is 1.33. The normalized spacial score (nSPS) is 10.4. The molecule has 0 spiro atoms. The molecule has 0 fully saturated rings. The van der Waals surface area contributed by atoms with Gasteiger partial charge in [0.05, 0.1) is 23.9 Å². The molecule has 0 heterocycles. The Morgan fingerprint density at radius 2 is 2.19 bits per heavy atom. The Bertz CT molecular complexity index is 675. The van der Waals surface area contributed by atoms with Crippen LogP contribution >= 0.6 is 0 Å². The van der Waals surface area contributed by atoms with Crippen LogP contribution in [0.25, 0.3) is 0 Å². The number of carbonyl (C=O) groups excluding carboxylic acids is 1. The third-order valence-corrected chi connectivity index (χ3v) is 2.32. The highest BCUT2D eigenvalue weighted by atomic mass is 16.5. The van der Waals surface area contributed by atoms with Crippen LogP contribution < -0.4 is 11.2 Å². The fraction of sp³-hybridized carbons (Fsp3) is 0.0833. The van der Waals surface area contributed by atoms with Crippen LogP contribution in [0.2, 0.25) is 0 Å². The lowest BCUT2D eigenvalue weighted by Gasteiger charge is -2.07. The minimum Gasteiger partial charge on any atom is -0.478 e. The second-order valence-corrected chi connectivity index (χ2v) is 3.65. The van der Waals surface area contributed by atoms with E-state index in [0.717, 1.165) is 6.07 Å². The van der Waals surface area contributed by atoms with Crippen molar-refractivity contribution in [3.05, 3.63) is 29.3 Å². The van der Waals surface area contributed by atoms with Crippen LogP contribution in [0, 0.1) is 16.7 Å². The minimum absolute atomic E-state index is 0.0316. The SMILES string of the molecule is COC(=O)c1ccc(N/N=C(\C#N)C(=N)N)c(C(=O)O)c1. The van der Waals surface area contributed by atoms with Gasteiger partial charge in [-0.05, 0) is 18.2 Å². The lowest BCUT2D eigenvalue weighted by molar-refractivity contribution is 0.0600. The van der Waals surface area contributed by atoms with Gasteiger partial charge in [-0.15, -0.1) is 0 Å². The zero-order valence-corrected chi connectivity index (χ0v) is 10.9. The highest BCUT2D eigenvalue weighted by molar-refractivity contribution is 6.45. The predicted octanol–water partition coefficient (Wildman–Crippen LogP) is 0.399. The standard InChI is InChI=1S/C12H11N5O4/c1-21-12(20)6-2-3-8(7(4-6)11(18)19)16-17-9(5-13)10(14)15/h2-4,16H,1H3,(H3,14,15)(H,18,19)/b17-9+. The topological polar surface area (TPSA) is 162 Å². The smallest absolute Gasteiger partial charge is 0.337 e. The summed E-state index contributed by atoms with van der Waals surface area (Å²) in [6, 6.07) is 5.29. The number of methoxy groups -OCH3 is 1. The Morgan fingerprint density at radius 3 is 2.67 bits per heavy atom. The van der Waals surface area contributed by atoms with Crippen LogP contribution in [0.4, 0.5) is 5.69 Å². The number of aromatic carboxylic acids is 1. The molecule has 0 bridgehead atoms. The first-order chi connectivity index (χ1) is 9.90. The van der Waals surface area contributed by atoms with Crippen molar-refractivity contribution in [2.24, 2.45) is 10.8 Å². The molecule has 9 nitrogen and oxygen atoms in total. The van der Waals surface area contributed by atoms with Crippen LogP contribution in [-0.2, 0) is 4.74 Å². The second kappa shape index (κ2) is 6.67. The van der Waals surface area contributed by atoms with Gasteiger partial charge in [-0.1, -0.05) is 0 Å². The predicted molar refractivity (Wildman–Crippen MR) is 73.3 cm³/mol. The monoisotopic (exact) mass is 289 g/mol. The maximum Gasteiger partial charge on any atom is 0.337 e. The summed E-state index contributed by atoms with van der Waals surface area (Å²) in [4.78, 5) is 22.5. The van der Waals surface area contributed by atoms with E-state index in [1.165, 1.54) is 19.2 Å². The van der Waals surface area contributed by atoms with E-state index in [0.29, 0.717) is 0 Å². The number of carbonyl (C=O) groups is 2. The third kappa shape index (κ3) is 3.77. The molecule has 0 aromatic heterocycles. The van der Waals surface area contributed by atoms with Crippen molar-refractivity contribution in [3.8, 4) is 6.07 Å². The van der Waals surface area contributed by atoms with Gasteiger partial charge in [0.2, 0.25) is 5.71 Å². The molecular formula is C12H11N5O4. The van der Waals surface area contributed by atoms with E-state index in [-0.39, 0.29) is 16.8 Å². The highest BCUT2D eigenvalue weighted by Gasteiger charge is 2.15. The quantitative estimate of drug-likeness (QED) is 0.264. The van der Waals surface area contributed by atoms with Crippen molar-refractivity contribution in [2.75, 3.05) is 12.5 Å². The van der Waals surface area contributed by atoms with Gasteiger partial charge in [0, 0.05) is 0 Å². The van der Waals surface area contributed by atoms with Crippen LogP contribution in [0.5, 0.6) is 0 Å². The maximum atomic E-state index is 11.4. The van der Waals surface area contributed by atoms with Crippen molar-refractivity contribution in [3.63, 3.8) is 0 Å². The largest absolute Gasteiger partial charge is 0.478 e. The molecule has 1 aromatic rings. The molecule has 5 N–H and O–H groups in total. The number of nitrogens with zero attached hydrogens (tertiary/aromatic N) is 2. The van der Waals surface area contributed by atoms with Crippen molar-refractivity contribution >= 4 is 29.2 Å². The summed E-state index contributed by atoms with van der Waals surface area (Å²) < 4.78 is 4.49. The summed E-state index contributed by atoms with van der Waals surface area (Å²) in [5, 5.41) is 28.4. The van der Waals surface area contributed by atoms with Crippen molar-refractivity contribution < 1.29 is 19.4 Å². The molecule has 1 rings (SSSR count). The molecule has 0 aliphatic rings. The second-order valence-electron chi connectivity index (χ2n) is 3.65. The molecule has 0 unspecified atom stereocenters. The van der Waals surface area contributed by atoms with Crippen LogP contribution in [-0.4, -0.2) is 35.7 Å². The Kier molecular flexibility index (Phi) is 4.97. The Balaban J connectivity index is 3.20. The number of hydrogen-bond donors (Lipinski definition) is 4. The average molecular weight is 289 g/mol. The number of benzene rings is 1. The van der Waals surface area contributed by atoms with Gasteiger partial charge in [0.1, 0.15) is 6.07 Å². The zero-order chi connectivity index (χ0) is 16.0. The number of ether oxygens (including phenoxy) is 1. The molecule has 1 aromatic carbocycles. The van der Waals surface area contributed by atoms with Crippen LogP contribution in [0.1, 0.15) is 20.7 Å². The molecule has 9 heteroatoms. The number of carboxylic acid groups (broad SMARTS) is 1. The highest BCUT2D eigenvalue weighted by Crippen LogP contribution is 2.18. The number of hydrazone groups is 1. The number of nitrogens with two attached hydrogens (primary N) is 1. The molecule has 0 amide bonds. The molecule has 0 saturated carbocycles. The summed E-state index contributed by atoms with van der Waals surface area (Å²) in [6.45, 7) is 0. The lowest BCUT2D eigenvalue weighted by Crippen LogP contribution is -2.22. The van der Waals surface area contributed by atoms with Crippen LogP contribution in [0.3, 0.4) is 0 Å². The van der Waals surface area contributed by atoms with Gasteiger partial charge in [-0.25, -0.2) is 9.59 Å². The van der Waals surface area contributed by atoms with Gasteiger partial charge < -0.3 is 15.6 Å². The Morgan fingerprint density at radius 1 is 1.52 bits per heavy atom. The van der Waals surface area contributed by atoms with E-state index in [2.05, 4.69) is 15.3 Å². The van der Waals surface area contributed by atoms with Crippen molar-refractivity contribution in [2.45, 2.75) is 0 Å². The molecule has 0 atom stereocenters. The summed E-state index contributed by atoms with van der Waals surface area (Å²) in [7, 11) is 1.17. The van der Waals surface area contributed by atoms with E-state index >= 15 is 0 Å². The third-order valence-electron chi connectivity index (χ3n) is 2.32. The van der Waals surface area contributed by atoms with Crippen molar-refractivity contribution in [1.29, 1.82) is 10.7 Å². The summed E-state index contributed by atoms with van der Waals surface area (Å²) >= 11 is 0. The number of nitrogens with one attached hydrogen (secondary N) is 2. The lowest BCUT2D eigenvalue weighted by atomic mass is 10.1. The van der Waals surface area contributed by atoms with Gasteiger partial charge in [0.15, 0.2) is 5.84 Å². The van der Waals surface area contributed by atoms with Gasteiger partial charge in [-0.2, -0.15) is 10.4 Å². The minimum atomic E-state index is -1.31. The summed E-state index contributed by atoms with van der Waals surface area (Å²) in [6.07, 6.45) is 0. The van der Waals surface area contributed by atoms with Crippen molar-refractivity contribution in [1.82, 2.24) is 0 Å². The van der Waals surface area contributed by atoms with E-state index in [4.69, 9.17) is 21.5 Å². The van der Waals surface area contributed by atoms with E-state index < -0.39 is 23.5 Å². The Labute approximate surface area is 119 Å². The molecule has 0 aliphatic carbocycles. The maximum absolute atomic E-state index is 11.4. The molecule has 108 valence electrons. The number of carboxylic acids is 1. The fourth-order valence-electron chi connectivity index (χ4n) is 1.33. The van der Waals surface area contributed by atoms with Crippen LogP contribution in [0.15, 0.2) is 23.3 Å². The van der Waals surface area contributed by atoms with Gasteiger partial charge in [-0.3, -0.25) is 10.8 Å². The summed E-state index contributed by atoms with van der Waals surface area (Å²) in [5.41, 5.74) is 6.86. The summed E-state index contributed by atoms with van der Waals surface area (Å²) in [5.74, 6) is -2.55. The Hall–Kier alpha value is -3.41.